The Balaban J connectivity index is 1.60. The zero-order chi connectivity index (χ0) is 18.4. The van der Waals surface area contributed by atoms with Gasteiger partial charge in [0.2, 0.25) is 0 Å². The van der Waals surface area contributed by atoms with Gasteiger partial charge >= 0.3 is 6.03 Å². The van der Waals surface area contributed by atoms with Crippen LogP contribution in [-0.4, -0.2) is 18.4 Å². The fraction of sp³-hybridized carbons (Fsp3) is 0.350. The second-order valence-corrected chi connectivity index (χ2v) is 7.19. The minimum atomic E-state index is -0.247. The number of hydrogen-bond acceptors (Lipinski definition) is 3. The van der Waals surface area contributed by atoms with Crippen molar-refractivity contribution in [2.45, 2.75) is 37.4 Å². The van der Waals surface area contributed by atoms with Gasteiger partial charge in [-0.3, -0.25) is 0 Å². The van der Waals surface area contributed by atoms with E-state index in [0.717, 1.165) is 28.9 Å². The van der Waals surface area contributed by atoms with Crippen LogP contribution in [-0.2, 0) is 17.9 Å². The maximum absolute atomic E-state index is 13.9. The van der Waals surface area contributed by atoms with Crippen LogP contribution in [0.2, 0.25) is 0 Å². The molecule has 0 fully saturated rings. The molecule has 1 unspecified atom stereocenters. The van der Waals surface area contributed by atoms with Crippen molar-refractivity contribution in [2.24, 2.45) is 0 Å². The molecule has 1 aliphatic heterocycles. The molecule has 4 nitrogen and oxygen atoms in total. The maximum Gasteiger partial charge on any atom is 0.315 e. The van der Waals surface area contributed by atoms with E-state index in [2.05, 4.69) is 10.6 Å². The van der Waals surface area contributed by atoms with E-state index in [1.807, 2.05) is 37.3 Å². The Kier molecular flexibility index (Phi) is 6.52. The summed E-state index contributed by atoms with van der Waals surface area (Å²) in [6.07, 6.45) is 0.787. The summed E-state index contributed by atoms with van der Waals surface area (Å²) < 4.78 is 19.4. The smallest absolute Gasteiger partial charge is 0.315 e. The Morgan fingerprint density at radius 2 is 2.04 bits per heavy atom. The number of hydrogen-bond donors (Lipinski definition) is 2. The van der Waals surface area contributed by atoms with Gasteiger partial charge in [0, 0.05) is 23.8 Å². The molecule has 0 radical (unpaired) electrons. The van der Waals surface area contributed by atoms with Crippen molar-refractivity contribution in [3.05, 3.63) is 65.0 Å². The fourth-order valence-electron chi connectivity index (χ4n) is 3.00. The van der Waals surface area contributed by atoms with Gasteiger partial charge in [0.25, 0.3) is 0 Å². The number of ether oxygens (including phenoxy) is 1. The van der Waals surface area contributed by atoms with Crippen molar-refractivity contribution in [2.75, 3.05) is 12.4 Å². The molecule has 0 spiro atoms. The minimum Gasteiger partial charge on any atom is -0.377 e. The van der Waals surface area contributed by atoms with Crippen LogP contribution in [0.3, 0.4) is 0 Å². The molecule has 0 aromatic heterocycles. The van der Waals surface area contributed by atoms with Crippen molar-refractivity contribution in [3.8, 4) is 0 Å². The highest BCUT2D eigenvalue weighted by atomic mass is 32.2. The molecule has 1 heterocycles. The Bertz CT molecular complexity index is 769. The van der Waals surface area contributed by atoms with E-state index < -0.39 is 0 Å². The Morgan fingerprint density at radius 1 is 1.23 bits per heavy atom. The molecule has 1 aliphatic rings. The van der Waals surface area contributed by atoms with Crippen LogP contribution in [0.1, 0.15) is 36.1 Å². The summed E-state index contributed by atoms with van der Waals surface area (Å²) in [5.74, 6) is 0.569. The molecular formula is C20H23FN2O2S. The Labute approximate surface area is 157 Å². The number of urea groups is 1. The number of thioether (sulfide) groups is 1. The summed E-state index contributed by atoms with van der Waals surface area (Å²) in [5, 5.41) is 5.88. The fourth-order valence-corrected chi connectivity index (χ4v) is 4.14. The maximum atomic E-state index is 13.9. The number of halogens is 1. The van der Waals surface area contributed by atoms with E-state index in [9.17, 15) is 9.18 Å². The second-order valence-electron chi connectivity index (χ2n) is 6.08. The monoisotopic (exact) mass is 374 g/mol. The highest BCUT2D eigenvalue weighted by molar-refractivity contribution is 7.99. The summed E-state index contributed by atoms with van der Waals surface area (Å²) >= 11 is 1.51. The third kappa shape index (κ3) is 4.56. The van der Waals surface area contributed by atoms with Crippen LogP contribution in [0, 0.1) is 5.82 Å². The first kappa shape index (κ1) is 18.7. The van der Waals surface area contributed by atoms with Crippen molar-refractivity contribution < 1.29 is 13.9 Å². The number of fused-ring (bicyclic) bond motifs is 1. The molecule has 3 rings (SSSR count). The largest absolute Gasteiger partial charge is 0.377 e. The molecule has 2 aromatic rings. The predicted octanol–water partition coefficient (Wildman–Crippen LogP) is 4.40. The van der Waals surface area contributed by atoms with Gasteiger partial charge in [-0.2, -0.15) is 0 Å². The first-order valence-electron chi connectivity index (χ1n) is 8.79. The van der Waals surface area contributed by atoms with E-state index >= 15 is 0 Å². The molecule has 2 amide bonds. The molecule has 1 atom stereocenters. The molecule has 138 valence electrons. The number of carbonyl (C=O) groups is 1. The summed E-state index contributed by atoms with van der Waals surface area (Å²) in [6, 6.07) is 12.5. The van der Waals surface area contributed by atoms with Crippen molar-refractivity contribution >= 4 is 17.8 Å². The van der Waals surface area contributed by atoms with Gasteiger partial charge < -0.3 is 15.4 Å². The number of carbonyl (C=O) groups excluding carboxylic acids is 1. The zero-order valence-corrected chi connectivity index (χ0v) is 15.6. The Morgan fingerprint density at radius 3 is 2.85 bits per heavy atom. The Hall–Kier alpha value is -2.05. The number of nitrogens with one attached hydrogen (secondary N) is 2. The van der Waals surface area contributed by atoms with E-state index in [-0.39, 0.29) is 17.9 Å². The van der Waals surface area contributed by atoms with Gasteiger partial charge in [0.15, 0.2) is 0 Å². The van der Waals surface area contributed by atoms with Gasteiger partial charge in [-0.25, -0.2) is 9.18 Å². The van der Waals surface area contributed by atoms with E-state index in [1.165, 1.54) is 17.8 Å². The molecule has 2 aromatic carbocycles. The lowest BCUT2D eigenvalue weighted by molar-refractivity contribution is 0.133. The second kappa shape index (κ2) is 9.05. The van der Waals surface area contributed by atoms with Crippen LogP contribution in [0.25, 0.3) is 0 Å². The SMILES string of the molecule is CCOCc1ccccc1CNC(=O)NC1CCSc2c(F)cccc21. The van der Waals surface area contributed by atoms with Crippen LogP contribution >= 0.6 is 11.8 Å². The van der Waals surface area contributed by atoms with Crippen molar-refractivity contribution in [1.29, 1.82) is 0 Å². The minimum absolute atomic E-state index is 0.166. The van der Waals surface area contributed by atoms with Crippen molar-refractivity contribution in [1.82, 2.24) is 10.6 Å². The molecule has 0 saturated carbocycles. The molecular weight excluding hydrogens is 351 g/mol. The first-order chi connectivity index (χ1) is 12.7. The normalized spacial score (nSPS) is 16.0. The van der Waals surface area contributed by atoms with Crippen LogP contribution < -0.4 is 10.6 Å². The molecule has 0 saturated heterocycles. The lowest BCUT2D eigenvalue weighted by Gasteiger charge is -2.26. The van der Waals surface area contributed by atoms with E-state index in [4.69, 9.17) is 4.74 Å². The van der Waals surface area contributed by atoms with Gasteiger partial charge in [-0.05, 0) is 36.1 Å². The molecule has 26 heavy (non-hydrogen) atoms. The number of amides is 2. The standard InChI is InChI=1S/C20H23FN2O2S/c1-2-25-13-15-7-4-3-6-14(15)12-22-20(24)23-18-10-11-26-19-16(18)8-5-9-17(19)21/h3-9,18H,2,10-13H2,1H3,(H2,22,23,24). The van der Waals surface area contributed by atoms with Crippen LogP contribution in [0.5, 0.6) is 0 Å². The van der Waals surface area contributed by atoms with E-state index in [1.54, 1.807) is 6.07 Å². The van der Waals surface area contributed by atoms with Gasteiger partial charge in [0.05, 0.1) is 12.6 Å². The number of rotatable bonds is 6. The highest BCUT2D eigenvalue weighted by Gasteiger charge is 2.24. The van der Waals surface area contributed by atoms with Crippen molar-refractivity contribution in [3.63, 3.8) is 0 Å². The third-order valence-corrected chi connectivity index (χ3v) is 5.51. The number of benzene rings is 2. The lowest BCUT2D eigenvalue weighted by Crippen LogP contribution is -2.38. The zero-order valence-electron chi connectivity index (χ0n) is 14.8. The summed E-state index contributed by atoms with van der Waals surface area (Å²) in [6.45, 7) is 3.56. The molecule has 0 bridgehead atoms. The van der Waals surface area contributed by atoms with Gasteiger partial charge in [0.1, 0.15) is 5.82 Å². The summed E-state index contributed by atoms with van der Waals surface area (Å²) in [4.78, 5) is 13.0. The summed E-state index contributed by atoms with van der Waals surface area (Å²) in [7, 11) is 0. The van der Waals surface area contributed by atoms with Gasteiger partial charge in [-0.1, -0.05) is 36.4 Å². The topological polar surface area (TPSA) is 50.4 Å². The average Bonchev–Trinajstić information content (AvgIpc) is 2.66. The van der Waals surface area contributed by atoms with Crippen LogP contribution in [0.15, 0.2) is 47.4 Å². The predicted molar refractivity (Wildman–Crippen MR) is 102 cm³/mol. The molecule has 0 aliphatic carbocycles. The molecule has 6 heteroatoms. The highest BCUT2D eigenvalue weighted by Crippen LogP contribution is 2.37. The van der Waals surface area contributed by atoms with E-state index in [0.29, 0.717) is 24.7 Å². The quantitative estimate of drug-likeness (QED) is 0.788. The molecule has 2 N–H and O–H groups in total. The third-order valence-electron chi connectivity index (χ3n) is 4.35. The van der Waals surface area contributed by atoms with Gasteiger partial charge in [-0.15, -0.1) is 11.8 Å². The summed E-state index contributed by atoms with van der Waals surface area (Å²) in [5.41, 5.74) is 2.95. The first-order valence-corrected chi connectivity index (χ1v) is 9.77. The van der Waals surface area contributed by atoms with Crippen LogP contribution in [0.4, 0.5) is 9.18 Å². The average molecular weight is 374 g/mol. The lowest BCUT2D eigenvalue weighted by atomic mass is 10.0.